The maximum atomic E-state index is 11.6. The number of hydrogen-bond acceptors (Lipinski definition) is 9. The number of nitriles is 1. The van der Waals surface area contributed by atoms with Crippen molar-refractivity contribution in [3.63, 3.8) is 0 Å². The second-order valence-corrected chi connectivity index (χ2v) is 17.7. The van der Waals surface area contributed by atoms with Crippen molar-refractivity contribution in [3.05, 3.63) is 58.7 Å². The van der Waals surface area contributed by atoms with Crippen LogP contribution >= 0.6 is 25.1 Å². The molecule has 2 aromatic carbocycles. The molecule has 3 aromatic rings. The van der Waals surface area contributed by atoms with Crippen molar-refractivity contribution in [3.8, 4) is 23.1 Å². The number of ether oxygens (including phenoxy) is 2. The molecule has 0 unspecified atom stereocenters. The summed E-state index contributed by atoms with van der Waals surface area (Å²) in [7, 11) is 1.04. The van der Waals surface area contributed by atoms with Crippen LogP contribution in [0.4, 0.5) is 17.3 Å². The second-order valence-electron chi connectivity index (χ2n) is 12.4. The van der Waals surface area contributed by atoms with Gasteiger partial charge in [-0.1, -0.05) is 39.3 Å². The highest BCUT2D eigenvalue weighted by Gasteiger charge is 2.44. The van der Waals surface area contributed by atoms with Gasteiger partial charge < -0.3 is 28.8 Å². The third kappa shape index (κ3) is 7.76. The van der Waals surface area contributed by atoms with E-state index in [1.165, 1.54) is 7.41 Å². The van der Waals surface area contributed by atoms with Crippen molar-refractivity contribution in [1.29, 1.82) is 5.26 Å². The predicted octanol–water partition coefficient (Wildman–Crippen LogP) is 6.46. The molecule has 44 heavy (non-hydrogen) atoms. The molecular weight excluding hydrogens is 613 g/mol. The minimum atomic E-state index is -2.06. The molecule has 1 N–H and O–H groups in total. The summed E-state index contributed by atoms with van der Waals surface area (Å²) in [4.78, 5) is 22.6. The van der Waals surface area contributed by atoms with E-state index < -0.39 is 13.7 Å². The number of fused-ring (bicyclic) bond motifs is 1. The van der Waals surface area contributed by atoms with Gasteiger partial charge in [0.15, 0.2) is 8.32 Å². The monoisotopic (exact) mass is 652 g/mol. The molecular formula is C31H40BClN5O4SSi. The fraction of sp³-hybridized carbons (Fsp3) is 0.419. The number of methoxy groups -OCH3 is 1. The van der Waals surface area contributed by atoms with Crippen LogP contribution in [0.5, 0.6) is 5.75 Å². The fourth-order valence-electron chi connectivity index (χ4n) is 4.72. The number of benzene rings is 2. The van der Waals surface area contributed by atoms with Crippen LogP contribution in [0.15, 0.2) is 42.6 Å². The van der Waals surface area contributed by atoms with Crippen LogP contribution in [0, 0.1) is 11.3 Å². The first-order valence-electron chi connectivity index (χ1n) is 14.1. The van der Waals surface area contributed by atoms with Crippen molar-refractivity contribution in [2.24, 2.45) is 0 Å². The van der Waals surface area contributed by atoms with Crippen LogP contribution < -0.4 is 14.9 Å². The smallest absolute Gasteiger partial charge is 0.329 e. The van der Waals surface area contributed by atoms with Crippen LogP contribution in [0.3, 0.4) is 0 Å². The van der Waals surface area contributed by atoms with Gasteiger partial charge in [-0.3, -0.25) is 0 Å². The molecule has 233 valence electrons. The predicted molar refractivity (Wildman–Crippen MR) is 185 cm³/mol. The molecule has 9 nitrogen and oxygen atoms in total. The third-order valence-electron chi connectivity index (χ3n) is 8.17. The minimum absolute atomic E-state index is 0. The molecule has 0 bridgehead atoms. The highest BCUT2D eigenvalue weighted by Crippen LogP contribution is 2.46. The first-order chi connectivity index (χ1) is 20.3. The van der Waals surface area contributed by atoms with Crippen LogP contribution in [0.1, 0.15) is 38.8 Å². The highest BCUT2D eigenvalue weighted by molar-refractivity contribution is 7.59. The summed E-state index contributed by atoms with van der Waals surface area (Å²) in [5, 5.41) is 14.0. The summed E-state index contributed by atoms with van der Waals surface area (Å²) in [5.41, 5.74) is 3.66. The van der Waals surface area contributed by atoms with Crippen LogP contribution in [-0.2, 0) is 19.4 Å². The maximum absolute atomic E-state index is 11.6. The van der Waals surface area contributed by atoms with Crippen LogP contribution in [0.25, 0.3) is 11.3 Å². The summed E-state index contributed by atoms with van der Waals surface area (Å²) in [6, 6.07) is 13.3. The molecule has 13 heteroatoms. The summed E-state index contributed by atoms with van der Waals surface area (Å²) in [6.45, 7) is 15.0. The Hall–Kier alpha value is -3.08. The summed E-state index contributed by atoms with van der Waals surface area (Å²) < 4.78 is 17.6. The zero-order chi connectivity index (χ0) is 31.4. The molecule has 2 heterocycles. The Kier molecular flexibility index (Phi) is 11.5. The molecule has 1 atom stereocenters. The Morgan fingerprint density at radius 1 is 1.23 bits per heavy atom. The number of carbonyl (C=O) groups is 1. The lowest BCUT2D eigenvalue weighted by Crippen LogP contribution is -2.46. The average Bonchev–Trinajstić information content (AvgIpc) is 3.24. The molecule has 4 rings (SSSR count). The van der Waals surface area contributed by atoms with Gasteiger partial charge in [-0.15, -0.1) is 0 Å². The van der Waals surface area contributed by atoms with E-state index in [0.29, 0.717) is 60.0 Å². The summed E-state index contributed by atoms with van der Waals surface area (Å²) >= 11 is 6.27. The van der Waals surface area contributed by atoms with Gasteiger partial charge in [0, 0.05) is 48.1 Å². The molecule has 1 aliphatic rings. The van der Waals surface area contributed by atoms with Crippen molar-refractivity contribution in [2.75, 3.05) is 43.6 Å². The van der Waals surface area contributed by atoms with Gasteiger partial charge in [0.05, 0.1) is 23.6 Å². The Bertz CT molecular complexity index is 1530. The molecule has 0 spiro atoms. The number of carbonyl (C=O) groups excluding carboxylic acids is 1. The minimum Gasteiger partial charge on any atom is -0.489 e. The highest BCUT2D eigenvalue weighted by atomic mass is 35.5. The fourth-order valence-corrected chi connectivity index (χ4v) is 6.00. The normalized spacial score (nSPS) is 16.0. The molecule has 0 amide bonds. The van der Waals surface area contributed by atoms with E-state index in [4.69, 9.17) is 30.5 Å². The molecule has 0 saturated carbocycles. The number of halogens is 1. The Morgan fingerprint density at radius 3 is 2.64 bits per heavy atom. The van der Waals surface area contributed by atoms with E-state index in [1.807, 2.05) is 4.81 Å². The maximum Gasteiger partial charge on any atom is 0.329 e. The Morgan fingerprint density at radius 2 is 1.98 bits per heavy atom. The number of hydrogen-bond donors (Lipinski definition) is 1. The lowest BCUT2D eigenvalue weighted by molar-refractivity contribution is 0.146. The van der Waals surface area contributed by atoms with Gasteiger partial charge in [0.2, 0.25) is 5.95 Å². The van der Waals surface area contributed by atoms with E-state index in [0.717, 1.165) is 23.0 Å². The van der Waals surface area contributed by atoms with Crippen LogP contribution in [-0.4, -0.2) is 65.4 Å². The first kappa shape index (κ1) is 35.4. The van der Waals surface area contributed by atoms with Crippen molar-refractivity contribution < 1.29 is 18.7 Å². The van der Waals surface area contributed by atoms with Gasteiger partial charge >= 0.3 is 7.41 Å². The van der Waals surface area contributed by atoms with E-state index in [1.54, 1.807) is 43.6 Å². The molecule has 1 radical (unpaired) electrons. The number of nitrogens with one attached hydrogen (secondary N) is 1. The van der Waals surface area contributed by atoms with Crippen molar-refractivity contribution in [2.45, 2.75) is 51.2 Å². The molecule has 0 aliphatic carbocycles. The molecule has 0 saturated heterocycles. The van der Waals surface area contributed by atoms with E-state index in [-0.39, 0.29) is 18.5 Å². The van der Waals surface area contributed by atoms with E-state index in [9.17, 15) is 10.1 Å². The van der Waals surface area contributed by atoms with Gasteiger partial charge in [-0.25, -0.2) is 9.97 Å². The SMILES string of the molecule is COCCOc1ccc(Cl)cc1Nc1nccc(-c2cc(C#N)c3c(c2)[C@](C)(CO[Si](C)(C)C(C)(C)C)CN3[B]C=O)n1.S. The number of nitrogens with zero attached hydrogens (tertiary/aromatic N) is 4. The summed E-state index contributed by atoms with van der Waals surface area (Å²) in [6.07, 6.45) is 2.41. The largest absolute Gasteiger partial charge is 0.489 e. The van der Waals surface area contributed by atoms with Gasteiger partial charge in [0.25, 0.3) is 0 Å². The molecule has 0 fully saturated rings. The zero-order valence-electron chi connectivity index (χ0n) is 26.3. The van der Waals surface area contributed by atoms with Gasteiger partial charge in [-0.05, 0) is 60.1 Å². The van der Waals surface area contributed by atoms with E-state index in [2.05, 4.69) is 63.2 Å². The van der Waals surface area contributed by atoms with Crippen molar-refractivity contribution >= 4 is 64.3 Å². The zero-order valence-corrected chi connectivity index (χ0v) is 29.1. The van der Waals surface area contributed by atoms with Gasteiger partial charge in [0.1, 0.15) is 24.6 Å². The lowest BCUT2D eigenvalue weighted by Gasteiger charge is -2.39. The Labute approximate surface area is 274 Å². The Balaban J connectivity index is 0.00000529. The number of anilines is 3. The first-order valence-corrected chi connectivity index (χ1v) is 17.4. The second kappa shape index (κ2) is 14.3. The third-order valence-corrected chi connectivity index (χ3v) is 12.9. The topological polar surface area (TPSA) is 110 Å². The van der Waals surface area contributed by atoms with Crippen LogP contribution in [0.2, 0.25) is 23.2 Å². The van der Waals surface area contributed by atoms with Crippen molar-refractivity contribution in [1.82, 2.24) is 9.97 Å². The standard InChI is InChI=1S/C31H38BClN5O4Si.H2S/c1-30(2,3)43(6,7)42-19-31(4)18-38(32-20-39)28-22(17-34)14-21(15-24(28)31)25-10-11-35-29(36-25)37-26-16-23(33)8-9-27(26)41-13-12-40-5;/h8-11,14-16,20H,12-13,18-19H2,1-7H3,(H,35,36,37);1H2/t31-;/m0./s1. The number of aromatic nitrogens is 2. The average molecular weight is 653 g/mol. The molecule has 1 aliphatic heterocycles. The van der Waals surface area contributed by atoms with E-state index >= 15 is 0 Å². The lowest BCUT2D eigenvalue weighted by atomic mass is 9.83. The quantitative estimate of drug-likeness (QED) is 0.134. The number of rotatable bonds is 12. The summed E-state index contributed by atoms with van der Waals surface area (Å²) in [5.74, 6) is 0.930. The molecule has 1 aromatic heterocycles. The van der Waals surface area contributed by atoms with Gasteiger partial charge in [-0.2, -0.15) is 18.8 Å².